The van der Waals surface area contributed by atoms with Crippen molar-refractivity contribution in [3.8, 4) is 0 Å². The van der Waals surface area contributed by atoms with E-state index in [1.54, 1.807) is 12.1 Å². The summed E-state index contributed by atoms with van der Waals surface area (Å²) in [5.74, 6) is 0.506. The molecule has 2 aromatic rings. The lowest BCUT2D eigenvalue weighted by molar-refractivity contribution is -0.136. The van der Waals surface area contributed by atoms with Crippen LogP contribution >= 0.6 is 0 Å². The second-order valence-corrected chi connectivity index (χ2v) is 8.02. The van der Waals surface area contributed by atoms with Crippen molar-refractivity contribution in [3.63, 3.8) is 0 Å². The normalized spacial score (nSPS) is 24.3. The molecule has 2 atom stereocenters. The molecule has 0 spiro atoms. The van der Waals surface area contributed by atoms with Crippen LogP contribution in [-0.2, 0) is 10.2 Å². The van der Waals surface area contributed by atoms with Crippen molar-refractivity contribution in [3.05, 3.63) is 71.5 Å². The van der Waals surface area contributed by atoms with Crippen molar-refractivity contribution in [2.24, 2.45) is 11.7 Å². The third kappa shape index (κ3) is 3.27. The highest BCUT2D eigenvalue weighted by atomic mass is 19.1. The Balaban J connectivity index is 1.62. The maximum atomic E-state index is 13.7. The van der Waals surface area contributed by atoms with Gasteiger partial charge in [-0.3, -0.25) is 4.79 Å². The summed E-state index contributed by atoms with van der Waals surface area (Å²) in [6.45, 7) is 2.00. The summed E-state index contributed by atoms with van der Waals surface area (Å²) < 4.78 is 13.4. The maximum absolute atomic E-state index is 13.7. The van der Waals surface area contributed by atoms with E-state index in [9.17, 15) is 9.18 Å². The summed E-state index contributed by atoms with van der Waals surface area (Å²) in [6.07, 6.45) is 3.77. The van der Waals surface area contributed by atoms with E-state index in [-0.39, 0.29) is 23.6 Å². The summed E-state index contributed by atoms with van der Waals surface area (Å²) in [4.78, 5) is 15.7. The molecule has 1 amide bonds. The number of hydrogen-bond acceptors (Lipinski definition) is 2. The Labute approximate surface area is 160 Å². The second kappa shape index (κ2) is 7.43. The van der Waals surface area contributed by atoms with E-state index < -0.39 is 5.41 Å². The van der Waals surface area contributed by atoms with Gasteiger partial charge in [-0.25, -0.2) is 4.39 Å². The fraction of sp³-hybridized carbons (Fsp3) is 0.435. The zero-order chi connectivity index (χ0) is 18.9. The molecule has 2 aliphatic rings. The molecule has 4 heteroatoms. The molecule has 1 saturated carbocycles. The van der Waals surface area contributed by atoms with Crippen LogP contribution in [0, 0.1) is 11.7 Å². The van der Waals surface area contributed by atoms with Gasteiger partial charge in [-0.1, -0.05) is 55.3 Å². The van der Waals surface area contributed by atoms with Crippen LogP contribution in [-0.4, -0.2) is 30.4 Å². The predicted molar refractivity (Wildman–Crippen MR) is 105 cm³/mol. The first-order valence-corrected chi connectivity index (χ1v) is 9.94. The van der Waals surface area contributed by atoms with Crippen LogP contribution in [0.3, 0.4) is 0 Å². The Morgan fingerprint density at radius 3 is 2.33 bits per heavy atom. The molecular weight excluding hydrogens is 339 g/mol. The van der Waals surface area contributed by atoms with Crippen molar-refractivity contribution in [1.29, 1.82) is 0 Å². The summed E-state index contributed by atoms with van der Waals surface area (Å²) in [7, 11) is 0. The number of benzene rings is 2. The zero-order valence-electron chi connectivity index (χ0n) is 15.6. The molecule has 1 saturated heterocycles. The number of hydrogen-bond donors (Lipinski definition) is 1. The molecule has 0 radical (unpaired) electrons. The Kier molecular flexibility index (Phi) is 5.00. The van der Waals surface area contributed by atoms with Crippen LogP contribution in [0.5, 0.6) is 0 Å². The minimum absolute atomic E-state index is 0.198. The largest absolute Gasteiger partial charge is 0.341 e. The van der Waals surface area contributed by atoms with Crippen LogP contribution in [0.25, 0.3) is 0 Å². The van der Waals surface area contributed by atoms with E-state index >= 15 is 0 Å². The first-order chi connectivity index (χ1) is 13.1. The van der Waals surface area contributed by atoms with Crippen LogP contribution in [0.4, 0.5) is 4.39 Å². The van der Waals surface area contributed by atoms with E-state index in [1.165, 1.54) is 17.7 Å². The van der Waals surface area contributed by atoms with E-state index in [0.29, 0.717) is 19.6 Å². The average Bonchev–Trinajstić information content (AvgIpc) is 3.37. The van der Waals surface area contributed by atoms with Crippen molar-refractivity contribution >= 4 is 5.91 Å². The number of nitrogens with two attached hydrogens (primary N) is 1. The van der Waals surface area contributed by atoms with Crippen molar-refractivity contribution < 1.29 is 9.18 Å². The molecule has 142 valence electrons. The summed E-state index contributed by atoms with van der Waals surface area (Å²) in [6, 6.07) is 16.9. The highest BCUT2D eigenvalue weighted by Crippen LogP contribution is 2.44. The van der Waals surface area contributed by atoms with Gasteiger partial charge < -0.3 is 10.6 Å². The zero-order valence-corrected chi connectivity index (χ0v) is 15.6. The Morgan fingerprint density at radius 1 is 1.04 bits per heavy atom. The lowest BCUT2D eigenvalue weighted by Gasteiger charge is -2.33. The first kappa shape index (κ1) is 18.2. The first-order valence-electron chi connectivity index (χ1n) is 9.94. The lowest BCUT2D eigenvalue weighted by Crippen LogP contribution is -2.44. The van der Waals surface area contributed by atoms with E-state index in [0.717, 1.165) is 31.2 Å². The van der Waals surface area contributed by atoms with Gasteiger partial charge in [0.05, 0.1) is 5.41 Å². The van der Waals surface area contributed by atoms with Gasteiger partial charge in [0.2, 0.25) is 5.91 Å². The molecule has 2 aromatic carbocycles. The summed E-state index contributed by atoms with van der Waals surface area (Å²) in [5.41, 5.74) is 7.77. The molecule has 0 unspecified atom stereocenters. The van der Waals surface area contributed by atoms with Gasteiger partial charge in [0.1, 0.15) is 5.82 Å². The molecular formula is C23H27FN2O. The quantitative estimate of drug-likeness (QED) is 0.894. The van der Waals surface area contributed by atoms with Crippen LogP contribution < -0.4 is 5.73 Å². The Morgan fingerprint density at radius 2 is 1.70 bits per heavy atom. The van der Waals surface area contributed by atoms with Gasteiger partial charge in [0.15, 0.2) is 0 Å². The van der Waals surface area contributed by atoms with Crippen molar-refractivity contribution in [2.45, 2.75) is 37.0 Å². The predicted octanol–water partition coefficient (Wildman–Crippen LogP) is 3.84. The van der Waals surface area contributed by atoms with Crippen LogP contribution in [0.1, 0.15) is 42.7 Å². The topological polar surface area (TPSA) is 46.3 Å². The van der Waals surface area contributed by atoms with Crippen LogP contribution in [0.2, 0.25) is 0 Å². The fourth-order valence-corrected chi connectivity index (χ4v) is 5.03. The smallest absolute Gasteiger partial charge is 0.233 e. The standard InChI is InChI=1S/C23H27FN2O/c24-20-10-8-19(9-11-20)23(12-4-5-13-23)22(27)26-15-18(14-25)21(16-26)17-6-2-1-3-7-17/h1-3,6-11,18,21H,4-5,12-16,25H2/t18-,21+/m1/s1. The van der Waals surface area contributed by atoms with Crippen molar-refractivity contribution in [1.82, 2.24) is 4.90 Å². The van der Waals surface area contributed by atoms with Crippen LogP contribution in [0.15, 0.2) is 54.6 Å². The third-order valence-corrected chi connectivity index (χ3v) is 6.52. The van der Waals surface area contributed by atoms with Gasteiger partial charge in [-0.15, -0.1) is 0 Å². The van der Waals surface area contributed by atoms with E-state index in [2.05, 4.69) is 12.1 Å². The molecule has 4 rings (SSSR count). The molecule has 1 aliphatic carbocycles. The SMILES string of the molecule is NC[C@@H]1CN(C(=O)C2(c3ccc(F)cc3)CCCC2)C[C@H]1c1ccccc1. The molecule has 1 aliphatic heterocycles. The minimum atomic E-state index is -0.502. The Hall–Kier alpha value is -2.20. The van der Waals surface area contributed by atoms with Crippen molar-refractivity contribution in [2.75, 3.05) is 19.6 Å². The molecule has 2 fully saturated rings. The number of amides is 1. The van der Waals surface area contributed by atoms with E-state index in [1.807, 2.05) is 23.1 Å². The monoisotopic (exact) mass is 366 g/mol. The molecule has 0 bridgehead atoms. The molecule has 1 heterocycles. The second-order valence-electron chi connectivity index (χ2n) is 8.02. The average molecular weight is 366 g/mol. The minimum Gasteiger partial charge on any atom is -0.341 e. The number of likely N-dealkylation sites (tertiary alicyclic amines) is 1. The van der Waals surface area contributed by atoms with Gasteiger partial charge in [-0.2, -0.15) is 0 Å². The van der Waals surface area contributed by atoms with Gasteiger partial charge in [-0.05, 0) is 48.6 Å². The van der Waals surface area contributed by atoms with E-state index in [4.69, 9.17) is 5.73 Å². The Bertz CT molecular complexity index is 784. The number of nitrogens with zero attached hydrogens (tertiary/aromatic N) is 1. The third-order valence-electron chi connectivity index (χ3n) is 6.52. The number of rotatable bonds is 4. The fourth-order valence-electron chi connectivity index (χ4n) is 5.03. The van der Waals surface area contributed by atoms with Gasteiger partial charge in [0.25, 0.3) is 0 Å². The lowest BCUT2D eigenvalue weighted by atomic mass is 9.77. The molecule has 27 heavy (non-hydrogen) atoms. The summed E-state index contributed by atoms with van der Waals surface area (Å²) >= 11 is 0. The van der Waals surface area contributed by atoms with Gasteiger partial charge in [0, 0.05) is 19.0 Å². The summed E-state index contributed by atoms with van der Waals surface area (Å²) in [5, 5.41) is 0. The number of carbonyl (C=O) groups excluding carboxylic acids is 1. The highest BCUT2D eigenvalue weighted by Gasteiger charge is 2.47. The molecule has 0 aromatic heterocycles. The molecule has 3 nitrogen and oxygen atoms in total. The highest BCUT2D eigenvalue weighted by molar-refractivity contribution is 5.89. The number of carbonyl (C=O) groups is 1. The van der Waals surface area contributed by atoms with Gasteiger partial charge >= 0.3 is 0 Å². The maximum Gasteiger partial charge on any atom is 0.233 e. The molecule has 2 N–H and O–H groups in total. The number of halogens is 1.